The van der Waals surface area contributed by atoms with Gasteiger partial charge in [-0.05, 0) is 31.2 Å². The van der Waals surface area contributed by atoms with E-state index in [9.17, 15) is 9.59 Å². The van der Waals surface area contributed by atoms with E-state index in [1.807, 2.05) is 30.0 Å². The van der Waals surface area contributed by atoms with Crippen LogP contribution in [0.4, 0.5) is 5.69 Å². The first kappa shape index (κ1) is 13.1. The van der Waals surface area contributed by atoms with E-state index in [0.29, 0.717) is 6.54 Å². The lowest BCUT2D eigenvalue weighted by atomic mass is 10.2. The largest absolute Gasteiger partial charge is 0.481 e. The van der Waals surface area contributed by atoms with Gasteiger partial charge in [0.1, 0.15) is 0 Å². The molecule has 0 amide bonds. The van der Waals surface area contributed by atoms with E-state index in [2.05, 4.69) is 4.98 Å². The van der Waals surface area contributed by atoms with Crippen LogP contribution in [0.3, 0.4) is 0 Å². The van der Waals surface area contributed by atoms with E-state index in [0.717, 1.165) is 23.1 Å². The standard InChI is InChI=1S/C14H16N2O3/c1-2-16(8-7-14(18)19)11-4-5-12-10(9-11)3-6-13(17)15-12/h3-6,9H,2,7-8H2,1H3,(H,15,17)(H,18,19). The molecule has 5 nitrogen and oxygen atoms in total. The highest BCUT2D eigenvalue weighted by atomic mass is 16.4. The van der Waals surface area contributed by atoms with Crippen molar-refractivity contribution >= 4 is 22.6 Å². The maximum atomic E-state index is 11.2. The molecular formula is C14H16N2O3. The van der Waals surface area contributed by atoms with Crippen LogP contribution in [0.15, 0.2) is 35.1 Å². The van der Waals surface area contributed by atoms with Crippen LogP contribution < -0.4 is 10.5 Å². The fraction of sp³-hybridized carbons (Fsp3) is 0.286. The second-order valence-electron chi connectivity index (χ2n) is 4.32. The number of nitrogens with zero attached hydrogens (tertiary/aromatic N) is 1. The van der Waals surface area contributed by atoms with Crippen LogP contribution in [-0.4, -0.2) is 29.1 Å². The number of anilines is 1. The van der Waals surface area contributed by atoms with Gasteiger partial charge in [-0.3, -0.25) is 9.59 Å². The minimum absolute atomic E-state index is 0.109. The van der Waals surface area contributed by atoms with Crippen LogP contribution in [-0.2, 0) is 4.79 Å². The summed E-state index contributed by atoms with van der Waals surface area (Å²) in [5, 5.41) is 9.68. The number of carboxylic acids is 1. The van der Waals surface area contributed by atoms with Crippen molar-refractivity contribution in [2.45, 2.75) is 13.3 Å². The molecule has 0 bridgehead atoms. The molecule has 5 heteroatoms. The van der Waals surface area contributed by atoms with Gasteiger partial charge in [0.05, 0.1) is 6.42 Å². The Balaban J connectivity index is 2.30. The highest BCUT2D eigenvalue weighted by Crippen LogP contribution is 2.20. The first-order chi connectivity index (χ1) is 9.10. The smallest absolute Gasteiger partial charge is 0.305 e. The summed E-state index contributed by atoms with van der Waals surface area (Å²) in [7, 11) is 0. The van der Waals surface area contributed by atoms with E-state index in [1.165, 1.54) is 6.07 Å². The third-order valence-corrected chi connectivity index (χ3v) is 3.05. The van der Waals surface area contributed by atoms with Gasteiger partial charge in [0.15, 0.2) is 0 Å². The van der Waals surface area contributed by atoms with Crippen molar-refractivity contribution < 1.29 is 9.90 Å². The van der Waals surface area contributed by atoms with E-state index in [4.69, 9.17) is 5.11 Å². The monoisotopic (exact) mass is 260 g/mol. The summed E-state index contributed by atoms with van der Waals surface area (Å²) in [4.78, 5) is 26.6. The SMILES string of the molecule is CCN(CCC(=O)O)c1ccc2[nH]c(=O)ccc2c1. The summed E-state index contributed by atoms with van der Waals surface area (Å²) in [6.07, 6.45) is 0.109. The number of rotatable bonds is 5. The molecule has 1 heterocycles. The molecule has 2 aromatic rings. The Kier molecular flexibility index (Phi) is 3.85. The molecule has 2 rings (SSSR count). The van der Waals surface area contributed by atoms with Crippen molar-refractivity contribution in [1.29, 1.82) is 0 Å². The second-order valence-corrected chi connectivity index (χ2v) is 4.32. The normalized spacial score (nSPS) is 10.6. The molecule has 0 aliphatic rings. The summed E-state index contributed by atoms with van der Waals surface area (Å²) in [6.45, 7) is 3.20. The van der Waals surface area contributed by atoms with Crippen LogP contribution in [0.5, 0.6) is 0 Å². The predicted octanol–water partition coefficient (Wildman–Crippen LogP) is 1.83. The molecule has 19 heavy (non-hydrogen) atoms. The van der Waals surface area contributed by atoms with Crippen molar-refractivity contribution in [1.82, 2.24) is 4.98 Å². The number of hydrogen-bond donors (Lipinski definition) is 2. The average molecular weight is 260 g/mol. The van der Waals surface area contributed by atoms with Crippen LogP contribution >= 0.6 is 0 Å². The van der Waals surface area contributed by atoms with E-state index in [-0.39, 0.29) is 12.0 Å². The summed E-state index contributed by atoms with van der Waals surface area (Å²) < 4.78 is 0. The zero-order valence-corrected chi connectivity index (χ0v) is 10.7. The van der Waals surface area contributed by atoms with Gasteiger partial charge in [0.25, 0.3) is 0 Å². The van der Waals surface area contributed by atoms with Gasteiger partial charge in [-0.15, -0.1) is 0 Å². The molecule has 2 N–H and O–H groups in total. The van der Waals surface area contributed by atoms with Gasteiger partial charge >= 0.3 is 5.97 Å². The fourth-order valence-corrected chi connectivity index (χ4v) is 2.04. The van der Waals surface area contributed by atoms with Gasteiger partial charge in [-0.2, -0.15) is 0 Å². The highest BCUT2D eigenvalue weighted by molar-refractivity contribution is 5.82. The Bertz CT molecular complexity index is 648. The van der Waals surface area contributed by atoms with Gasteiger partial charge in [-0.25, -0.2) is 0 Å². The van der Waals surface area contributed by atoms with Crippen LogP contribution in [0, 0.1) is 0 Å². The Morgan fingerprint density at radius 1 is 1.32 bits per heavy atom. The summed E-state index contributed by atoms with van der Waals surface area (Å²) in [6, 6.07) is 8.94. The minimum Gasteiger partial charge on any atom is -0.481 e. The number of aromatic amines is 1. The Labute approximate surface area is 110 Å². The highest BCUT2D eigenvalue weighted by Gasteiger charge is 2.07. The molecule has 1 aromatic carbocycles. The molecule has 0 atom stereocenters. The maximum Gasteiger partial charge on any atom is 0.305 e. The quantitative estimate of drug-likeness (QED) is 0.860. The van der Waals surface area contributed by atoms with Gasteiger partial charge in [0, 0.05) is 35.7 Å². The molecular weight excluding hydrogens is 244 g/mol. The van der Waals surface area contributed by atoms with Crippen molar-refractivity contribution in [2.75, 3.05) is 18.0 Å². The number of aliphatic carboxylic acids is 1. The molecule has 0 fully saturated rings. The lowest BCUT2D eigenvalue weighted by Crippen LogP contribution is -2.25. The maximum absolute atomic E-state index is 11.2. The number of nitrogens with one attached hydrogen (secondary N) is 1. The number of hydrogen-bond acceptors (Lipinski definition) is 3. The van der Waals surface area contributed by atoms with E-state index in [1.54, 1.807) is 6.07 Å². The van der Waals surface area contributed by atoms with Crippen LogP contribution in [0.25, 0.3) is 10.9 Å². The number of benzene rings is 1. The van der Waals surface area contributed by atoms with E-state index >= 15 is 0 Å². The van der Waals surface area contributed by atoms with Crippen molar-refractivity contribution in [2.24, 2.45) is 0 Å². The Morgan fingerprint density at radius 3 is 2.79 bits per heavy atom. The number of H-pyrrole nitrogens is 1. The fourth-order valence-electron chi connectivity index (χ4n) is 2.04. The van der Waals surface area contributed by atoms with E-state index < -0.39 is 5.97 Å². The second kappa shape index (κ2) is 5.56. The zero-order chi connectivity index (χ0) is 13.8. The molecule has 0 spiro atoms. The van der Waals surface area contributed by atoms with Crippen molar-refractivity contribution in [3.8, 4) is 0 Å². The third kappa shape index (κ3) is 3.13. The van der Waals surface area contributed by atoms with Gasteiger partial charge < -0.3 is 15.0 Å². The lowest BCUT2D eigenvalue weighted by Gasteiger charge is -2.22. The van der Waals surface area contributed by atoms with Crippen molar-refractivity contribution in [3.63, 3.8) is 0 Å². The summed E-state index contributed by atoms with van der Waals surface area (Å²) >= 11 is 0. The molecule has 0 unspecified atom stereocenters. The van der Waals surface area contributed by atoms with Crippen LogP contribution in [0.2, 0.25) is 0 Å². The molecule has 0 saturated heterocycles. The molecule has 100 valence electrons. The lowest BCUT2D eigenvalue weighted by molar-refractivity contribution is -0.136. The predicted molar refractivity (Wildman–Crippen MR) is 74.7 cm³/mol. The summed E-state index contributed by atoms with van der Waals surface area (Å²) in [5.41, 5.74) is 1.62. The first-order valence-electron chi connectivity index (χ1n) is 6.20. The molecule has 1 aromatic heterocycles. The first-order valence-corrected chi connectivity index (χ1v) is 6.20. The zero-order valence-electron chi connectivity index (χ0n) is 10.7. The third-order valence-electron chi connectivity index (χ3n) is 3.05. The van der Waals surface area contributed by atoms with Gasteiger partial charge in [-0.1, -0.05) is 0 Å². The Hall–Kier alpha value is -2.30. The average Bonchev–Trinajstić information content (AvgIpc) is 2.39. The van der Waals surface area contributed by atoms with Gasteiger partial charge in [0.2, 0.25) is 5.56 Å². The number of carboxylic acid groups (broad SMARTS) is 1. The summed E-state index contributed by atoms with van der Waals surface area (Å²) in [5.74, 6) is -0.802. The van der Waals surface area contributed by atoms with Crippen molar-refractivity contribution in [3.05, 3.63) is 40.7 Å². The Morgan fingerprint density at radius 2 is 2.11 bits per heavy atom. The molecule has 0 aliphatic carbocycles. The molecule has 0 saturated carbocycles. The minimum atomic E-state index is -0.802. The molecule has 0 radical (unpaired) electrons. The number of aromatic nitrogens is 1. The number of fused-ring (bicyclic) bond motifs is 1. The number of pyridine rings is 1. The molecule has 0 aliphatic heterocycles. The van der Waals surface area contributed by atoms with Crippen LogP contribution in [0.1, 0.15) is 13.3 Å². The topological polar surface area (TPSA) is 73.4 Å². The number of carbonyl (C=O) groups is 1.